The maximum Gasteiger partial charge on any atom is 3.00 e. The van der Waals surface area contributed by atoms with Gasteiger partial charge in [0.05, 0.1) is 0 Å². The molecule has 7 nitrogen and oxygen atoms in total. The van der Waals surface area contributed by atoms with Gasteiger partial charge in [-0.25, -0.2) is 0 Å². The first-order valence-electron chi connectivity index (χ1n) is 1.30. The molecule has 0 saturated carbocycles. The SMILES string of the molecule is [C-]#N.[C-]#N.[C-]#N.[C-]#N.[C-]#N.[Fe+3].[N-]=O.[Na+].[Na+].[Na+]. The normalized spacial score (nSPS) is 0.875. The fourth-order valence-electron chi connectivity index (χ4n) is 0. The molecule has 0 aromatic rings. The second kappa shape index (κ2) is 10200. The van der Waals surface area contributed by atoms with Crippen molar-refractivity contribution in [3.05, 3.63) is 43.4 Å². The van der Waals surface area contributed by atoms with Crippen molar-refractivity contribution in [3.63, 3.8) is 0 Å². The number of nitrogens with zero attached hydrogens (tertiary/aromatic N) is 6. The van der Waals surface area contributed by atoms with Gasteiger partial charge in [-0.3, -0.25) is 0 Å². The predicted octanol–water partition coefficient (Wildman–Crippen LogP) is -8.19. The van der Waals surface area contributed by atoms with Crippen LogP contribution in [0.15, 0.2) is 0 Å². The van der Waals surface area contributed by atoms with Gasteiger partial charge in [0, 0.05) is 0 Å². The van der Waals surface area contributed by atoms with Gasteiger partial charge in [-0.2, -0.15) is 0 Å². The minimum Gasteiger partial charge on any atom is -0.577 e. The van der Waals surface area contributed by atoms with Gasteiger partial charge < -0.3 is 69.7 Å². The fraction of sp³-hybridized carbons (Fsp3) is 0. The number of rotatable bonds is 0. The zero-order valence-corrected chi connectivity index (χ0v) is 16.0. The summed E-state index contributed by atoms with van der Waals surface area (Å²) in [4.78, 5) is 7.25. The molecule has 0 spiro atoms. The molecule has 16 heavy (non-hydrogen) atoms. The fourth-order valence-corrected chi connectivity index (χ4v) is 0. The zero-order valence-electron chi connectivity index (χ0n) is 8.95. The Morgan fingerprint density at radius 1 is 0.500 bits per heavy atom. The molecule has 0 aliphatic heterocycles. The number of nitroso groups, excluding NO2 is 1. The molecule has 0 bridgehead atoms. The molecule has 1 radical (unpaired) electrons. The first-order valence-corrected chi connectivity index (χ1v) is 1.30. The van der Waals surface area contributed by atoms with Crippen LogP contribution in [0.3, 0.4) is 0 Å². The molecule has 0 N–H and O–H groups in total. The largest absolute Gasteiger partial charge is 3.00 e. The average molecular weight is 285 g/mol. The smallest absolute Gasteiger partial charge is 0.577 e. The third kappa shape index (κ3) is 8270. The van der Waals surface area contributed by atoms with E-state index in [-0.39, 0.29) is 106 Å². The summed E-state index contributed by atoms with van der Waals surface area (Å²) in [6.07, 6.45) is 0. The van der Waals surface area contributed by atoms with Gasteiger partial charge in [0.15, 0.2) is 0 Å². The number of hydrogen-bond acceptors (Lipinski definition) is 6. The molecular formula is C5FeN6Na3O. The van der Waals surface area contributed by atoms with E-state index in [2.05, 4.69) is 0 Å². The average Bonchev–Trinajstić information content (AvgIpc) is 2.33. The molecule has 0 saturated heterocycles. The van der Waals surface area contributed by atoms with Crippen molar-refractivity contribution in [2.45, 2.75) is 0 Å². The molecule has 67 valence electrons. The molecule has 0 amide bonds. The topological polar surface area (TPSA) is 158 Å². The molecule has 0 aromatic carbocycles. The Hall–Kier alpha value is 0.569. The van der Waals surface area contributed by atoms with Crippen LogP contribution in [-0.4, -0.2) is 0 Å². The van der Waals surface area contributed by atoms with Crippen LogP contribution < -0.4 is 88.7 Å². The van der Waals surface area contributed by atoms with Gasteiger partial charge >= 0.3 is 106 Å². The van der Waals surface area contributed by atoms with Crippen molar-refractivity contribution < 1.29 is 106 Å². The Bertz CT molecular complexity index is 102. The van der Waals surface area contributed by atoms with Crippen molar-refractivity contribution in [2.24, 2.45) is 0 Å². The summed E-state index contributed by atoms with van der Waals surface area (Å²) in [5.41, 5.74) is 5.75. The van der Waals surface area contributed by atoms with E-state index in [0.29, 0.717) is 0 Å². The third-order valence-electron chi connectivity index (χ3n) is 0. The zero-order chi connectivity index (χ0) is 12.0. The van der Waals surface area contributed by atoms with E-state index < -0.39 is 0 Å². The van der Waals surface area contributed by atoms with E-state index in [0.717, 1.165) is 0 Å². The van der Waals surface area contributed by atoms with Gasteiger partial charge in [0.1, 0.15) is 0 Å². The summed E-state index contributed by atoms with van der Waals surface area (Å²) in [7, 11) is 0. The summed E-state index contributed by atoms with van der Waals surface area (Å²) < 4.78 is 0. The maximum absolute atomic E-state index is 7.25. The van der Waals surface area contributed by atoms with Gasteiger partial charge in [0.2, 0.25) is 0 Å². The van der Waals surface area contributed by atoms with E-state index >= 15 is 0 Å². The molecule has 0 unspecified atom stereocenters. The molecule has 0 rings (SSSR count). The van der Waals surface area contributed by atoms with E-state index in [4.69, 9.17) is 69.7 Å². The monoisotopic (exact) mass is 285 g/mol. The van der Waals surface area contributed by atoms with Gasteiger partial charge in [-0.1, -0.05) is 0 Å². The summed E-state index contributed by atoms with van der Waals surface area (Å²) >= 11 is 0. The molecular weight excluding hydrogens is 285 g/mol. The van der Waals surface area contributed by atoms with E-state index in [9.17, 15) is 0 Å². The first kappa shape index (κ1) is 93.1. The summed E-state index contributed by atoms with van der Waals surface area (Å²) in [5.74, 6) is 0. The van der Waals surface area contributed by atoms with Crippen molar-refractivity contribution in [1.82, 2.24) is 0 Å². The summed E-state index contributed by atoms with van der Waals surface area (Å²) in [6, 6.07) is 0. The Morgan fingerprint density at radius 2 is 0.500 bits per heavy atom. The Balaban J connectivity index is -0.00000000321. The van der Waals surface area contributed by atoms with Crippen LogP contribution in [0.1, 0.15) is 0 Å². The standard InChI is InChI=1S/5CN.Fe.NO.3Na/c5*1-2;;1-2;;;/q5*-1;+3;-1;3*+1. The second-order valence-corrected chi connectivity index (χ2v) is 0. The van der Waals surface area contributed by atoms with Crippen molar-refractivity contribution >= 4 is 0 Å². The first-order chi connectivity index (χ1) is 6.00. The van der Waals surface area contributed by atoms with Crippen LogP contribution in [0, 0.1) is 64.1 Å². The van der Waals surface area contributed by atoms with Gasteiger partial charge in [-0.05, 0) is 0 Å². The van der Waals surface area contributed by atoms with Crippen molar-refractivity contribution in [1.29, 1.82) is 26.3 Å². The van der Waals surface area contributed by atoms with Gasteiger partial charge in [0.25, 0.3) is 0 Å². The molecule has 0 heterocycles. The molecule has 0 atom stereocenters. The second-order valence-electron chi connectivity index (χ2n) is 0. The minimum absolute atomic E-state index is 0. The van der Waals surface area contributed by atoms with Crippen LogP contribution in [-0.2, 0) is 17.1 Å². The molecule has 0 fully saturated rings. The van der Waals surface area contributed by atoms with Crippen LogP contribution in [0.4, 0.5) is 0 Å². The quantitative estimate of drug-likeness (QED) is 0.317. The van der Waals surface area contributed by atoms with Crippen molar-refractivity contribution in [3.8, 4) is 0 Å². The van der Waals surface area contributed by atoms with E-state index in [1.807, 2.05) is 0 Å². The maximum atomic E-state index is 7.25. The Labute approximate surface area is 173 Å². The molecule has 0 aliphatic rings. The van der Waals surface area contributed by atoms with Crippen LogP contribution in [0.25, 0.3) is 5.59 Å². The molecule has 0 aromatic heterocycles. The Morgan fingerprint density at radius 3 is 0.500 bits per heavy atom. The minimum atomic E-state index is 0. The van der Waals surface area contributed by atoms with Crippen LogP contribution in [0.2, 0.25) is 0 Å². The number of hydrogen-bond donors (Lipinski definition) is 0. The summed E-state index contributed by atoms with van der Waals surface area (Å²) in [5, 5.41) is 31.2. The third-order valence-corrected chi connectivity index (χ3v) is 0. The molecule has 11 heteroatoms. The van der Waals surface area contributed by atoms with Crippen LogP contribution >= 0.6 is 0 Å². The van der Waals surface area contributed by atoms with Gasteiger partial charge in [-0.15, -0.1) is 0 Å². The predicted molar refractivity (Wildman–Crippen MR) is 31.6 cm³/mol. The van der Waals surface area contributed by atoms with Crippen LogP contribution in [0.5, 0.6) is 0 Å². The van der Waals surface area contributed by atoms with Crippen molar-refractivity contribution in [2.75, 3.05) is 0 Å². The van der Waals surface area contributed by atoms with E-state index in [1.165, 1.54) is 0 Å². The molecule has 0 aliphatic carbocycles. The van der Waals surface area contributed by atoms with E-state index in [1.54, 1.807) is 0 Å². The summed E-state index contributed by atoms with van der Waals surface area (Å²) in [6.45, 7) is 23.8. The Kier molecular flexibility index (Phi) is 59300.